The number of likely N-dealkylation sites (tertiary alicyclic amines) is 1. The van der Waals surface area contributed by atoms with E-state index in [-0.39, 0.29) is 5.41 Å². The van der Waals surface area contributed by atoms with E-state index >= 15 is 0 Å². The Hall–Kier alpha value is -0.610. The molecule has 2 saturated heterocycles. The van der Waals surface area contributed by atoms with E-state index in [4.69, 9.17) is 0 Å². The Bertz CT molecular complexity index is 285. The van der Waals surface area contributed by atoms with Crippen LogP contribution in [0.1, 0.15) is 33.1 Å². The molecule has 0 bridgehead atoms. The van der Waals surface area contributed by atoms with Gasteiger partial charge in [0.2, 0.25) is 5.91 Å². The average Bonchev–Trinajstić information content (AvgIpc) is 2.49. The predicted octanol–water partition coefficient (Wildman–Crippen LogP) is 0.930. The van der Waals surface area contributed by atoms with Crippen molar-refractivity contribution in [1.82, 2.24) is 15.1 Å². The summed E-state index contributed by atoms with van der Waals surface area (Å²) in [6.45, 7) is 11.0. The Labute approximate surface area is 111 Å². The van der Waals surface area contributed by atoms with E-state index in [1.165, 1.54) is 32.4 Å². The van der Waals surface area contributed by atoms with Crippen molar-refractivity contribution < 1.29 is 4.79 Å². The normalized spacial score (nSPS) is 26.1. The number of rotatable bonds is 3. The average molecular weight is 253 g/mol. The second-order valence-corrected chi connectivity index (χ2v) is 6.26. The summed E-state index contributed by atoms with van der Waals surface area (Å²) in [5.74, 6) is 0.310. The fraction of sp³-hybridized carbons (Fsp3) is 0.929. The summed E-state index contributed by atoms with van der Waals surface area (Å²) in [5.41, 5.74) is -0.252. The molecule has 2 rings (SSSR count). The molecule has 0 radical (unpaired) electrons. The van der Waals surface area contributed by atoms with Crippen LogP contribution in [0.15, 0.2) is 0 Å². The monoisotopic (exact) mass is 253 g/mol. The van der Waals surface area contributed by atoms with Gasteiger partial charge in [0.1, 0.15) is 0 Å². The molecule has 0 saturated carbocycles. The lowest BCUT2D eigenvalue weighted by molar-refractivity contribution is -0.139. The maximum absolute atomic E-state index is 12.4. The lowest BCUT2D eigenvalue weighted by Gasteiger charge is -2.32. The van der Waals surface area contributed by atoms with Crippen molar-refractivity contribution in [3.63, 3.8) is 0 Å². The Balaban J connectivity index is 1.84. The molecule has 2 heterocycles. The first-order chi connectivity index (χ1) is 8.59. The molecule has 0 aromatic heterocycles. The number of piperidine rings is 1. The lowest BCUT2D eigenvalue weighted by Crippen LogP contribution is -2.45. The van der Waals surface area contributed by atoms with Crippen LogP contribution in [0.3, 0.4) is 0 Å². The maximum atomic E-state index is 12.4. The highest BCUT2D eigenvalue weighted by Gasteiger charge is 2.33. The van der Waals surface area contributed by atoms with Crippen molar-refractivity contribution in [2.75, 3.05) is 45.8 Å². The third-order valence-corrected chi connectivity index (χ3v) is 4.13. The van der Waals surface area contributed by atoms with Gasteiger partial charge in [0.25, 0.3) is 0 Å². The van der Waals surface area contributed by atoms with Gasteiger partial charge in [-0.3, -0.25) is 4.79 Å². The summed E-state index contributed by atoms with van der Waals surface area (Å²) in [7, 11) is 0. The molecule has 104 valence electrons. The number of nitrogens with zero attached hydrogens (tertiary/aromatic N) is 2. The summed E-state index contributed by atoms with van der Waals surface area (Å²) in [6, 6.07) is 0. The summed E-state index contributed by atoms with van der Waals surface area (Å²) in [5, 5.41) is 3.36. The molecule has 0 spiro atoms. The topological polar surface area (TPSA) is 35.6 Å². The van der Waals surface area contributed by atoms with Gasteiger partial charge in [0.15, 0.2) is 0 Å². The molecule has 0 aromatic rings. The van der Waals surface area contributed by atoms with Crippen molar-refractivity contribution in [3.05, 3.63) is 0 Å². The zero-order valence-electron chi connectivity index (χ0n) is 11.9. The molecule has 2 aliphatic rings. The molecular formula is C14H27N3O. The number of amides is 1. The van der Waals surface area contributed by atoms with E-state index in [1.54, 1.807) is 0 Å². The number of carbonyl (C=O) groups excluding carboxylic acids is 1. The number of hydrogen-bond donors (Lipinski definition) is 1. The van der Waals surface area contributed by atoms with Crippen LogP contribution in [0.25, 0.3) is 0 Å². The first kappa shape index (κ1) is 13.8. The Morgan fingerprint density at radius 2 is 1.83 bits per heavy atom. The molecule has 2 fully saturated rings. The minimum Gasteiger partial charge on any atom is -0.340 e. The van der Waals surface area contributed by atoms with Crippen molar-refractivity contribution in [2.45, 2.75) is 33.1 Å². The third kappa shape index (κ3) is 3.45. The second-order valence-electron chi connectivity index (χ2n) is 6.26. The first-order valence-electron chi connectivity index (χ1n) is 7.32. The highest BCUT2D eigenvalue weighted by atomic mass is 16.2. The van der Waals surface area contributed by atoms with Crippen LogP contribution in [-0.2, 0) is 4.79 Å². The zero-order chi connectivity index (χ0) is 13.0. The molecule has 2 aliphatic heterocycles. The van der Waals surface area contributed by atoms with Gasteiger partial charge in [-0.25, -0.2) is 0 Å². The largest absolute Gasteiger partial charge is 0.340 e. The van der Waals surface area contributed by atoms with Gasteiger partial charge in [0, 0.05) is 32.7 Å². The molecule has 0 atom stereocenters. The fourth-order valence-electron chi connectivity index (χ4n) is 2.88. The smallest absolute Gasteiger partial charge is 0.229 e. The summed E-state index contributed by atoms with van der Waals surface area (Å²) < 4.78 is 0. The van der Waals surface area contributed by atoms with Crippen molar-refractivity contribution in [2.24, 2.45) is 5.41 Å². The molecular weight excluding hydrogens is 226 g/mol. The predicted molar refractivity (Wildman–Crippen MR) is 73.5 cm³/mol. The SMILES string of the molecule is CC1(C)CNCCN(CCN2CCCCC2)C1=O. The minimum absolute atomic E-state index is 0.252. The van der Waals surface area contributed by atoms with Crippen LogP contribution in [0.2, 0.25) is 0 Å². The second kappa shape index (κ2) is 6.02. The lowest BCUT2D eigenvalue weighted by atomic mass is 9.92. The molecule has 0 aromatic carbocycles. The summed E-state index contributed by atoms with van der Waals surface area (Å²) in [6.07, 6.45) is 4.01. The van der Waals surface area contributed by atoms with Crippen molar-refractivity contribution in [1.29, 1.82) is 0 Å². The molecule has 0 unspecified atom stereocenters. The quantitative estimate of drug-likeness (QED) is 0.813. The Morgan fingerprint density at radius 3 is 2.56 bits per heavy atom. The van der Waals surface area contributed by atoms with Gasteiger partial charge in [-0.05, 0) is 39.8 Å². The van der Waals surface area contributed by atoms with E-state index in [9.17, 15) is 4.79 Å². The van der Waals surface area contributed by atoms with Gasteiger partial charge in [-0.15, -0.1) is 0 Å². The van der Waals surface area contributed by atoms with Crippen LogP contribution >= 0.6 is 0 Å². The van der Waals surface area contributed by atoms with E-state index in [0.717, 1.165) is 32.7 Å². The van der Waals surface area contributed by atoms with Crippen molar-refractivity contribution >= 4 is 5.91 Å². The van der Waals surface area contributed by atoms with E-state index in [1.807, 2.05) is 13.8 Å². The van der Waals surface area contributed by atoms with Gasteiger partial charge in [-0.1, -0.05) is 6.42 Å². The maximum Gasteiger partial charge on any atom is 0.229 e. The molecule has 4 nitrogen and oxygen atoms in total. The summed E-state index contributed by atoms with van der Waals surface area (Å²) >= 11 is 0. The highest BCUT2D eigenvalue weighted by Crippen LogP contribution is 2.19. The Kier molecular flexibility index (Phi) is 4.62. The molecule has 1 amide bonds. The first-order valence-corrected chi connectivity index (χ1v) is 7.32. The fourth-order valence-corrected chi connectivity index (χ4v) is 2.88. The number of nitrogens with one attached hydrogen (secondary N) is 1. The number of hydrogen-bond acceptors (Lipinski definition) is 3. The van der Waals surface area contributed by atoms with Gasteiger partial charge in [0.05, 0.1) is 5.41 Å². The molecule has 18 heavy (non-hydrogen) atoms. The van der Waals surface area contributed by atoms with Gasteiger partial charge in [-0.2, -0.15) is 0 Å². The van der Waals surface area contributed by atoms with Gasteiger partial charge >= 0.3 is 0 Å². The van der Waals surface area contributed by atoms with Crippen LogP contribution < -0.4 is 5.32 Å². The minimum atomic E-state index is -0.252. The third-order valence-electron chi connectivity index (χ3n) is 4.13. The van der Waals surface area contributed by atoms with E-state index in [2.05, 4.69) is 15.1 Å². The van der Waals surface area contributed by atoms with Crippen LogP contribution in [0.5, 0.6) is 0 Å². The van der Waals surface area contributed by atoms with Crippen LogP contribution in [-0.4, -0.2) is 61.5 Å². The van der Waals surface area contributed by atoms with Crippen molar-refractivity contribution in [3.8, 4) is 0 Å². The highest BCUT2D eigenvalue weighted by molar-refractivity contribution is 5.82. The van der Waals surface area contributed by atoms with Gasteiger partial charge < -0.3 is 15.1 Å². The summed E-state index contributed by atoms with van der Waals surface area (Å²) in [4.78, 5) is 17.0. The Morgan fingerprint density at radius 1 is 1.11 bits per heavy atom. The zero-order valence-corrected chi connectivity index (χ0v) is 11.9. The molecule has 1 N–H and O–H groups in total. The van der Waals surface area contributed by atoms with E-state index < -0.39 is 0 Å². The standard InChI is InChI=1S/C14H27N3O/c1-14(2)12-15-6-9-17(13(14)18)11-10-16-7-4-3-5-8-16/h15H,3-12H2,1-2H3. The number of carbonyl (C=O) groups is 1. The van der Waals surface area contributed by atoms with Crippen LogP contribution in [0, 0.1) is 5.41 Å². The molecule has 4 heteroatoms. The molecule has 0 aliphatic carbocycles. The van der Waals surface area contributed by atoms with Crippen LogP contribution in [0.4, 0.5) is 0 Å². The van der Waals surface area contributed by atoms with E-state index in [0.29, 0.717) is 5.91 Å².